The van der Waals surface area contributed by atoms with E-state index in [1.807, 2.05) is 0 Å². The van der Waals surface area contributed by atoms with Crippen LogP contribution in [0.15, 0.2) is 53.4 Å². The minimum absolute atomic E-state index is 0.156. The lowest BCUT2D eigenvalue weighted by Crippen LogP contribution is -2.45. The van der Waals surface area contributed by atoms with E-state index in [2.05, 4.69) is 26.9 Å². The molecule has 3 rings (SSSR count). The number of anilines is 1. The predicted octanol–water partition coefficient (Wildman–Crippen LogP) is 2.51. The first-order valence-corrected chi connectivity index (χ1v) is 11.8. The number of carbonyl (C=O) groups excluding carboxylic acids is 1. The van der Waals surface area contributed by atoms with E-state index in [-0.39, 0.29) is 15.8 Å². The van der Waals surface area contributed by atoms with Crippen molar-refractivity contribution >= 4 is 33.2 Å². The third-order valence-electron chi connectivity index (χ3n) is 5.05. The van der Waals surface area contributed by atoms with Gasteiger partial charge in [0.2, 0.25) is 0 Å². The molecule has 1 amide bonds. The molecule has 30 heavy (non-hydrogen) atoms. The maximum Gasteiger partial charge on any atom is 0.261 e. The Balaban J connectivity index is 1.51. The zero-order chi connectivity index (χ0) is 21.6. The van der Waals surface area contributed by atoms with Gasteiger partial charge in [0.25, 0.3) is 15.9 Å². The van der Waals surface area contributed by atoms with Gasteiger partial charge in [-0.15, -0.1) is 0 Å². The number of hydrogen-bond acceptors (Lipinski definition) is 5. The largest absolute Gasteiger partial charge is 0.352 e. The second-order valence-electron chi connectivity index (χ2n) is 7.37. The normalized spacial score (nSPS) is 15.7. The van der Waals surface area contributed by atoms with Gasteiger partial charge < -0.3 is 15.1 Å². The smallest absolute Gasteiger partial charge is 0.261 e. The number of benzene rings is 2. The van der Waals surface area contributed by atoms with Gasteiger partial charge >= 0.3 is 0 Å². The number of rotatable bonds is 8. The van der Waals surface area contributed by atoms with Gasteiger partial charge in [0, 0.05) is 32.7 Å². The van der Waals surface area contributed by atoms with Crippen molar-refractivity contribution in [2.45, 2.75) is 11.3 Å². The lowest BCUT2D eigenvalue weighted by atomic mass is 10.2. The van der Waals surface area contributed by atoms with E-state index in [1.165, 1.54) is 30.3 Å². The predicted molar refractivity (Wildman–Crippen MR) is 120 cm³/mol. The van der Waals surface area contributed by atoms with Crippen LogP contribution in [0.25, 0.3) is 0 Å². The summed E-state index contributed by atoms with van der Waals surface area (Å²) < 4.78 is 27.3. The molecular formula is C21H27ClN4O3S. The number of nitrogens with one attached hydrogen (secondary N) is 2. The Kier molecular flexibility index (Phi) is 7.71. The number of sulfonamides is 1. The molecule has 2 N–H and O–H groups in total. The maximum atomic E-state index is 12.4. The number of hydrogen-bond donors (Lipinski definition) is 2. The van der Waals surface area contributed by atoms with Gasteiger partial charge in [-0.3, -0.25) is 9.52 Å². The van der Waals surface area contributed by atoms with Gasteiger partial charge in [-0.25, -0.2) is 8.42 Å². The van der Waals surface area contributed by atoms with Crippen LogP contribution in [0.3, 0.4) is 0 Å². The van der Waals surface area contributed by atoms with Crippen LogP contribution in [0.2, 0.25) is 5.02 Å². The number of likely N-dealkylation sites (N-methyl/N-ethyl adjacent to an activating group) is 1. The number of nitrogens with zero attached hydrogens (tertiary/aromatic N) is 2. The fourth-order valence-corrected chi connectivity index (χ4v) is 4.58. The van der Waals surface area contributed by atoms with E-state index >= 15 is 0 Å². The molecule has 0 spiro atoms. The van der Waals surface area contributed by atoms with E-state index in [0.717, 1.165) is 39.1 Å². The summed E-state index contributed by atoms with van der Waals surface area (Å²) in [6.07, 6.45) is 0.863. The third kappa shape index (κ3) is 6.18. The minimum Gasteiger partial charge on any atom is -0.352 e. The molecule has 1 aliphatic heterocycles. The van der Waals surface area contributed by atoms with Crippen LogP contribution in [-0.4, -0.2) is 70.4 Å². The highest BCUT2D eigenvalue weighted by Gasteiger charge is 2.16. The molecule has 1 aliphatic rings. The van der Waals surface area contributed by atoms with Crippen LogP contribution in [-0.2, 0) is 10.0 Å². The molecule has 0 unspecified atom stereocenters. The lowest BCUT2D eigenvalue weighted by Gasteiger charge is -2.32. The molecule has 9 heteroatoms. The second kappa shape index (κ2) is 10.3. The summed E-state index contributed by atoms with van der Waals surface area (Å²) in [5.74, 6) is -0.268. The van der Waals surface area contributed by atoms with Crippen molar-refractivity contribution in [3.63, 3.8) is 0 Å². The summed E-state index contributed by atoms with van der Waals surface area (Å²) in [5, 5.41) is 3.08. The van der Waals surface area contributed by atoms with E-state index in [0.29, 0.717) is 17.8 Å². The Morgan fingerprint density at radius 2 is 1.77 bits per heavy atom. The first kappa shape index (κ1) is 22.6. The van der Waals surface area contributed by atoms with Gasteiger partial charge in [0.05, 0.1) is 21.2 Å². The third-order valence-corrected chi connectivity index (χ3v) is 6.76. The highest BCUT2D eigenvalue weighted by Crippen LogP contribution is 2.23. The zero-order valence-electron chi connectivity index (χ0n) is 17.0. The molecule has 1 heterocycles. The summed E-state index contributed by atoms with van der Waals surface area (Å²) in [4.78, 5) is 17.3. The minimum atomic E-state index is -3.71. The highest BCUT2D eigenvalue weighted by atomic mass is 35.5. The van der Waals surface area contributed by atoms with Crippen molar-refractivity contribution < 1.29 is 13.2 Å². The van der Waals surface area contributed by atoms with Crippen LogP contribution in [0, 0.1) is 0 Å². The molecule has 0 radical (unpaired) electrons. The molecule has 0 atom stereocenters. The molecule has 2 aromatic rings. The number of halogens is 1. The van der Waals surface area contributed by atoms with Gasteiger partial charge in [-0.2, -0.15) is 0 Å². The summed E-state index contributed by atoms with van der Waals surface area (Å²) in [5.41, 5.74) is 0.620. The van der Waals surface area contributed by atoms with Crippen LogP contribution >= 0.6 is 11.6 Å². The average Bonchev–Trinajstić information content (AvgIpc) is 2.73. The molecule has 0 bridgehead atoms. The fourth-order valence-electron chi connectivity index (χ4n) is 3.25. The Labute approximate surface area is 183 Å². The van der Waals surface area contributed by atoms with Crippen molar-refractivity contribution in [1.29, 1.82) is 0 Å². The standard InChI is InChI=1S/C21H27ClN4O3S/c1-25-12-14-26(15-13-25)11-5-10-23-21(27)19-9-8-17(16-20(19)22)24-30(28,29)18-6-3-2-4-7-18/h2-4,6-9,16,24H,5,10-15H2,1H3,(H,23,27). The van der Waals surface area contributed by atoms with Crippen molar-refractivity contribution in [2.24, 2.45) is 0 Å². The molecule has 0 aromatic heterocycles. The van der Waals surface area contributed by atoms with Gasteiger partial charge in [0.1, 0.15) is 0 Å². The highest BCUT2D eigenvalue weighted by molar-refractivity contribution is 7.92. The Morgan fingerprint density at radius 3 is 2.43 bits per heavy atom. The summed E-state index contributed by atoms with van der Waals surface area (Å²) in [7, 11) is -1.59. The zero-order valence-corrected chi connectivity index (χ0v) is 18.5. The quantitative estimate of drug-likeness (QED) is 0.604. The Bertz CT molecular complexity index is 961. The van der Waals surface area contributed by atoms with Crippen molar-refractivity contribution in [3.05, 3.63) is 59.1 Å². The molecule has 1 saturated heterocycles. The number of piperazine rings is 1. The van der Waals surface area contributed by atoms with Gasteiger partial charge in [0.15, 0.2) is 0 Å². The molecule has 1 fully saturated rings. The fraction of sp³-hybridized carbons (Fsp3) is 0.381. The Morgan fingerprint density at radius 1 is 1.07 bits per heavy atom. The van der Waals surface area contributed by atoms with Crippen LogP contribution < -0.4 is 10.0 Å². The topological polar surface area (TPSA) is 81.8 Å². The van der Waals surface area contributed by atoms with E-state index in [4.69, 9.17) is 11.6 Å². The van der Waals surface area contributed by atoms with Gasteiger partial charge in [-0.1, -0.05) is 29.8 Å². The SMILES string of the molecule is CN1CCN(CCCNC(=O)c2ccc(NS(=O)(=O)c3ccccc3)cc2Cl)CC1. The summed E-state index contributed by atoms with van der Waals surface area (Å²) >= 11 is 6.24. The van der Waals surface area contributed by atoms with Crippen LogP contribution in [0.5, 0.6) is 0 Å². The van der Waals surface area contributed by atoms with Crippen molar-refractivity contribution in [2.75, 3.05) is 51.0 Å². The van der Waals surface area contributed by atoms with E-state index in [1.54, 1.807) is 18.2 Å². The molecule has 162 valence electrons. The second-order valence-corrected chi connectivity index (χ2v) is 9.46. The molecule has 2 aromatic carbocycles. The first-order valence-electron chi connectivity index (χ1n) is 9.92. The number of carbonyl (C=O) groups is 1. The first-order chi connectivity index (χ1) is 14.3. The maximum absolute atomic E-state index is 12.4. The van der Waals surface area contributed by atoms with Crippen LogP contribution in [0.1, 0.15) is 16.8 Å². The van der Waals surface area contributed by atoms with Crippen molar-refractivity contribution in [1.82, 2.24) is 15.1 Å². The average molecular weight is 451 g/mol. The van der Waals surface area contributed by atoms with E-state index < -0.39 is 10.0 Å². The summed E-state index contributed by atoms with van der Waals surface area (Å²) in [6.45, 7) is 5.75. The molecule has 7 nitrogen and oxygen atoms in total. The van der Waals surface area contributed by atoms with Gasteiger partial charge in [-0.05, 0) is 50.3 Å². The summed E-state index contributed by atoms with van der Waals surface area (Å²) in [6, 6.07) is 12.6. The van der Waals surface area contributed by atoms with E-state index in [9.17, 15) is 13.2 Å². The molecule has 0 saturated carbocycles. The number of amides is 1. The molecular weight excluding hydrogens is 424 g/mol. The monoisotopic (exact) mass is 450 g/mol. The van der Waals surface area contributed by atoms with Crippen LogP contribution in [0.4, 0.5) is 5.69 Å². The Hall–Kier alpha value is -2.13. The van der Waals surface area contributed by atoms with Crippen molar-refractivity contribution in [3.8, 4) is 0 Å². The lowest BCUT2D eigenvalue weighted by molar-refractivity contribution is 0.0949. The molecule has 0 aliphatic carbocycles.